The molecule has 2 aromatic heterocycles. The van der Waals surface area contributed by atoms with Crippen LogP contribution in [0.1, 0.15) is 26.3 Å². The lowest BCUT2D eigenvalue weighted by molar-refractivity contribution is 0.591. The van der Waals surface area contributed by atoms with Crippen LogP contribution in [-0.4, -0.2) is 4.98 Å². The number of nitrogens with zero attached hydrogens (tertiary/aromatic N) is 1. The van der Waals surface area contributed by atoms with E-state index in [-0.39, 0.29) is 5.41 Å². The van der Waals surface area contributed by atoms with Gasteiger partial charge in [0.2, 0.25) is 0 Å². The average Bonchev–Trinajstić information content (AvgIpc) is 2.65. The van der Waals surface area contributed by atoms with E-state index in [0.717, 1.165) is 5.52 Å². The summed E-state index contributed by atoms with van der Waals surface area (Å²) in [6.45, 7) is 6.74. The summed E-state index contributed by atoms with van der Waals surface area (Å²) in [4.78, 5) is 4.50. The van der Waals surface area contributed by atoms with Crippen LogP contribution in [0.4, 0.5) is 0 Å². The topological polar surface area (TPSA) is 12.9 Å². The van der Waals surface area contributed by atoms with E-state index in [4.69, 9.17) is 0 Å². The molecule has 0 saturated heterocycles. The van der Waals surface area contributed by atoms with Crippen molar-refractivity contribution < 1.29 is 0 Å². The van der Waals surface area contributed by atoms with Crippen molar-refractivity contribution in [3.63, 3.8) is 0 Å². The number of rotatable bonds is 0. The van der Waals surface area contributed by atoms with Gasteiger partial charge in [-0.3, -0.25) is 4.98 Å². The number of hydrogen-bond donors (Lipinski definition) is 0. The third-order valence-corrected chi connectivity index (χ3v) is 4.22. The van der Waals surface area contributed by atoms with Gasteiger partial charge in [0.15, 0.2) is 0 Å². The summed E-state index contributed by atoms with van der Waals surface area (Å²) in [6.07, 6.45) is 1.87. The molecule has 0 amide bonds. The highest BCUT2D eigenvalue weighted by Gasteiger charge is 2.15. The van der Waals surface area contributed by atoms with Crippen molar-refractivity contribution in [2.75, 3.05) is 0 Å². The Labute approximate surface area is 105 Å². The summed E-state index contributed by atoms with van der Waals surface area (Å²) in [5.41, 5.74) is 2.70. The molecule has 0 aliphatic rings. The smallest absolute Gasteiger partial charge is 0.0888 e. The molecule has 86 valence electrons. The Morgan fingerprint density at radius 3 is 2.65 bits per heavy atom. The molecule has 0 N–H and O–H groups in total. The molecule has 3 rings (SSSR count). The second-order valence-electron chi connectivity index (χ2n) is 5.41. The lowest BCUT2D eigenvalue weighted by Crippen LogP contribution is -2.10. The largest absolute Gasteiger partial charge is 0.255 e. The molecule has 1 nitrogen and oxygen atoms in total. The average molecular weight is 241 g/mol. The monoisotopic (exact) mass is 241 g/mol. The molecule has 0 aliphatic carbocycles. The minimum Gasteiger partial charge on any atom is -0.255 e. The van der Waals surface area contributed by atoms with Gasteiger partial charge in [-0.25, -0.2) is 0 Å². The first-order chi connectivity index (χ1) is 8.05. The molecule has 0 unspecified atom stereocenters. The maximum absolute atomic E-state index is 4.50. The van der Waals surface area contributed by atoms with Crippen LogP contribution >= 0.6 is 11.3 Å². The van der Waals surface area contributed by atoms with Crippen molar-refractivity contribution in [3.05, 3.63) is 42.1 Å². The summed E-state index contributed by atoms with van der Waals surface area (Å²) in [7, 11) is 0. The number of aromatic nitrogens is 1. The Balaban J connectivity index is 2.38. The van der Waals surface area contributed by atoms with Crippen molar-refractivity contribution in [2.45, 2.75) is 26.2 Å². The zero-order valence-corrected chi connectivity index (χ0v) is 11.1. The quantitative estimate of drug-likeness (QED) is 0.553. The SMILES string of the molecule is CC(C)(C)c1ccc2sc3cccnc3c2c1. The molecular weight excluding hydrogens is 226 g/mol. The Bertz CT molecular complexity index is 689. The number of pyridine rings is 1. The fraction of sp³-hybridized carbons (Fsp3) is 0.267. The Morgan fingerprint density at radius 1 is 1.06 bits per heavy atom. The van der Waals surface area contributed by atoms with E-state index in [1.165, 1.54) is 20.3 Å². The molecule has 2 heterocycles. The molecule has 0 atom stereocenters. The lowest BCUT2D eigenvalue weighted by atomic mass is 9.86. The van der Waals surface area contributed by atoms with Gasteiger partial charge in [0.1, 0.15) is 0 Å². The van der Waals surface area contributed by atoms with Crippen molar-refractivity contribution in [2.24, 2.45) is 0 Å². The van der Waals surface area contributed by atoms with Crippen molar-refractivity contribution in [3.8, 4) is 0 Å². The Hall–Kier alpha value is -1.41. The fourth-order valence-electron chi connectivity index (χ4n) is 2.06. The van der Waals surface area contributed by atoms with Gasteiger partial charge in [0.05, 0.1) is 10.2 Å². The molecule has 0 aliphatic heterocycles. The van der Waals surface area contributed by atoms with Gasteiger partial charge < -0.3 is 0 Å². The number of fused-ring (bicyclic) bond motifs is 3. The molecular formula is C15H15NS. The second-order valence-corrected chi connectivity index (χ2v) is 6.50. The third kappa shape index (κ3) is 1.73. The predicted octanol–water partition coefficient (Wildman–Crippen LogP) is 4.75. The van der Waals surface area contributed by atoms with Gasteiger partial charge in [-0.1, -0.05) is 26.8 Å². The predicted molar refractivity (Wildman–Crippen MR) is 75.8 cm³/mol. The van der Waals surface area contributed by atoms with Crippen LogP contribution < -0.4 is 0 Å². The minimum atomic E-state index is 0.192. The van der Waals surface area contributed by atoms with Gasteiger partial charge in [-0.15, -0.1) is 11.3 Å². The summed E-state index contributed by atoms with van der Waals surface area (Å²) in [5, 5.41) is 1.29. The van der Waals surface area contributed by atoms with Crippen molar-refractivity contribution >= 4 is 31.6 Å². The van der Waals surface area contributed by atoms with Crippen LogP contribution in [0.2, 0.25) is 0 Å². The zero-order valence-electron chi connectivity index (χ0n) is 10.3. The maximum Gasteiger partial charge on any atom is 0.0888 e. The van der Waals surface area contributed by atoms with Gasteiger partial charge in [0.25, 0.3) is 0 Å². The third-order valence-electron chi connectivity index (χ3n) is 3.09. The molecule has 0 bridgehead atoms. The Kier molecular flexibility index (Phi) is 2.23. The molecule has 0 spiro atoms. The van der Waals surface area contributed by atoms with Gasteiger partial charge in [-0.2, -0.15) is 0 Å². The fourth-order valence-corrected chi connectivity index (χ4v) is 3.11. The second kappa shape index (κ2) is 3.54. The molecule has 17 heavy (non-hydrogen) atoms. The first-order valence-corrected chi connectivity index (χ1v) is 6.65. The summed E-state index contributed by atoms with van der Waals surface area (Å²) < 4.78 is 2.60. The lowest BCUT2D eigenvalue weighted by Gasteiger charge is -2.18. The van der Waals surface area contributed by atoms with E-state index in [1.54, 1.807) is 0 Å². The molecule has 0 radical (unpaired) electrons. The van der Waals surface area contributed by atoms with E-state index in [1.807, 2.05) is 23.6 Å². The maximum atomic E-state index is 4.50. The van der Waals surface area contributed by atoms with Gasteiger partial charge in [0, 0.05) is 16.3 Å². The first-order valence-electron chi connectivity index (χ1n) is 5.83. The molecule has 0 fully saturated rings. The van der Waals surface area contributed by atoms with Crippen LogP contribution in [0.5, 0.6) is 0 Å². The standard InChI is InChI=1S/C15H15NS/c1-15(2,3)10-6-7-12-11(9-10)14-13(17-12)5-4-8-16-14/h4-9H,1-3H3. The van der Waals surface area contributed by atoms with Crippen LogP contribution in [0.15, 0.2) is 36.5 Å². The highest BCUT2D eigenvalue weighted by atomic mass is 32.1. The van der Waals surface area contributed by atoms with Crippen molar-refractivity contribution in [1.82, 2.24) is 4.98 Å². The van der Waals surface area contributed by atoms with Gasteiger partial charge in [-0.05, 0) is 35.2 Å². The van der Waals surface area contributed by atoms with Gasteiger partial charge >= 0.3 is 0 Å². The summed E-state index contributed by atoms with van der Waals surface area (Å²) >= 11 is 1.82. The van der Waals surface area contributed by atoms with E-state index >= 15 is 0 Å². The van der Waals surface area contributed by atoms with E-state index in [2.05, 4.69) is 50.0 Å². The highest BCUT2D eigenvalue weighted by Crippen LogP contribution is 2.35. The van der Waals surface area contributed by atoms with Crippen LogP contribution in [0.3, 0.4) is 0 Å². The highest BCUT2D eigenvalue weighted by molar-refractivity contribution is 7.25. The molecule has 3 aromatic rings. The molecule has 0 saturated carbocycles. The van der Waals surface area contributed by atoms with E-state index < -0.39 is 0 Å². The van der Waals surface area contributed by atoms with E-state index in [9.17, 15) is 0 Å². The first kappa shape index (κ1) is 10.7. The number of thiophene rings is 1. The van der Waals surface area contributed by atoms with Crippen molar-refractivity contribution in [1.29, 1.82) is 0 Å². The Morgan fingerprint density at radius 2 is 1.88 bits per heavy atom. The zero-order chi connectivity index (χ0) is 12.0. The minimum absolute atomic E-state index is 0.192. The molecule has 2 heteroatoms. The molecule has 1 aromatic carbocycles. The van der Waals surface area contributed by atoms with Crippen LogP contribution in [-0.2, 0) is 5.41 Å². The van der Waals surface area contributed by atoms with Crippen LogP contribution in [0, 0.1) is 0 Å². The van der Waals surface area contributed by atoms with E-state index in [0.29, 0.717) is 0 Å². The summed E-state index contributed by atoms with van der Waals surface area (Å²) in [6, 6.07) is 10.9. The normalized spacial score (nSPS) is 12.4. The number of hydrogen-bond acceptors (Lipinski definition) is 2. The summed E-state index contributed by atoms with van der Waals surface area (Å²) in [5.74, 6) is 0. The number of benzene rings is 1. The van der Waals surface area contributed by atoms with Crippen LogP contribution in [0.25, 0.3) is 20.3 Å².